The van der Waals surface area contributed by atoms with E-state index in [4.69, 9.17) is 4.74 Å². The SMILES string of the molecule is C=CCOc1ccc(-c2ccc(CCc3ccc(C4CCC(O)CC4)c(F)c3F)cc2)cc1F. The summed E-state index contributed by atoms with van der Waals surface area (Å²) in [5.41, 5.74) is 3.36. The van der Waals surface area contributed by atoms with Crippen LogP contribution in [0.3, 0.4) is 0 Å². The summed E-state index contributed by atoms with van der Waals surface area (Å²) in [6.45, 7) is 3.79. The number of benzene rings is 3. The molecule has 1 aliphatic carbocycles. The molecule has 0 aromatic heterocycles. The van der Waals surface area contributed by atoms with Crippen LogP contribution in [0.25, 0.3) is 11.1 Å². The van der Waals surface area contributed by atoms with Crippen molar-refractivity contribution in [2.24, 2.45) is 0 Å². The zero-order chi connectivity index (χ0) is 24.1. The molecule has 34 heavy (non-hydrogen) atoms. The molecule has 1 saturated carbocycles. The lowest BCUT2D eigenvalue weighted by Crippen LogP contribution is -2.18. The number of aliphatic hydroxyl groups excluding tert-OH is 1. The van der Waals surface area contributed by atoms with Gasteiger partial charge in [0.05, 0.1) is 6.10 Å². The van der Waals surface area contributed by atoms with Gasteiger partial charge in [-0.1, -0.05) is 55.1 Å². The average Bonchev–Trinajstić information content (AvgIpc) is 2.85. The maximum Gasteiger partial charge on any atom is 0.165 e. The Bertz CT molecular complexity index is 1130. The number of aryl methyl sites for hydroxylation is 2. The van der Waals surface area contributed by atoms with E-state index in [9.17, 15) is 18.3 Å². The highest BCUT2D eigenvalue weighted by molar-refractivity contribution is 5.64. The maximum atomic E-state index is 14.8. The summed E-state index contributed by atoms with van der Waals surface area (Å²) >= 11 is 0. The van der Waals surface area contributed by atoms with Gasteiger partial charge in [-0.2, -0.15) is 0 Å². The minimum absolute atomic E-state index is 0.0352. The second-order valence-electron chi connectivity index (χ2n) is 8.89. The van der Waals surface area contributed by atoms with E-state index in [0.717, 1.165) is 16.7 Å². The lowest BCUT2D eigenvalue weighted by atomic mass is 9.82. The van der Waals surface area contributed by atoms with E-state index in [1.807, 2.05) is 24.3 Å². The largest absolute Gasteiger partial charge is 0.486 e. The Morgan fingerprint density at radius 3 is 2.24 bits per heavy atom. The molecule has 3 aromatic carbocycles. The van der Waals surface area contributed by atoms with Gasteiger partial charge < -0.3 is 9.84 Å². The van der Waals surface area contributed by atoms with Crippen LogP contribution < -0.4 is 4.74 Å². The van der Waals surface area contributed by atoms with E-state index in [1.165, 1.54) is 6.07 Å². The first-order chi connectivity index (χ1) is 16.5. The standard InChI is InChI=1S/C29H29F3O2/c1-2-17-34-27-16-12-23(18-26(27)30)20-6-3-19(4-7-20)5-8-22-11-15-25(29(32)28(22)31)21-9-13-24(33)14-10-21/h2-4,6-7,11-12,15-16,18,21,24,33H,1,5,8-10,13-14,17H2. The van der Waals surface area contributed by atoms with Crippen molar-refractivity contribution in [1.82, 2.24) is 0 Å². The van der Waals surface area contributed by atoms with Gasteiger partial charge in [0, 0.05) is 0 Å². The van der Waals surface area contributed by atoms with Crippen LogP contribution in [0.4, 0.5) is 13.2 Å². The van der Waals surface area contributed by atoms with Crippen molar-refractivity contribution >= 4 is 0 Å². The Morgan fingerprint density at radius 2 is 1.56 bits per heavy atom. The number of hydrogen-bond acceptors (Lipinski definition) is 2. The van der Waals surface area contributed by atoms with E-state index >= 15 is 0 Å². The van der Waals surface area contributed by atoms with Crippen LogP contribution in [-0.4, -0.2) is 17.8 Å². The summed E-state index contributed by atoms with van der Waals surface area (Å²) in [6.07, 6.45) is 4.79. The molecular formula is C29H29F3O2. The molecule has 0 heterocycles. The van der Waals surface area contributed by atoms with Crippen LogP contribution in [0.5, 0.6) is 5.75 Å². The second kappa shape index (κ2) is 10.9. The Hall–Kier alpha value is -3.05. The van der Waals surface area contributed by atoms with Gasteiger partial charge >= 0.3 is 0 Å². The van der Waals surface area contributed by atoms with Crippen LogP contribution in [-0.2, 0) is 12.8 Å². The fourth-order valence-corrected chi connectivity index (χ4v) is 4.59. The number of halogens is 3. The quantitative estimate of drug-likeness (QED) is 0.358. The van der Waals surface area contributed by atoms with Gasteiger partial charge in [-0.05, 0) is 84.4 Å². The van der Waals surface area contributed by atoms with Crippen LogP contribution in [0.1, 0.15) is 48.3 Å². The van der Waals surface area contributed by atoms with E-state index in [-0.39, 0.29) is 24.4 Å². The smallest absolute Gasteiger partial charge is 0.165 e. The number of hydrogen-bond donors (Lipinski definition) is 1. The molecule has 0 aliphatic heterocycles. The third-order valence-corrected chi connectivity index (χ3v) is 6.59. The summed E-state index contributed by atoms with van der Waals surface area (Å²) in [4.78, 5) is 0. The van der Waals surface area contributed by atoms with Gasteiger partial charge in [-0.3, -0.25) is 0 Å². The zero-order valence-electron chi connectivity index (χ0n) is 19.1. The molecule has 1 fully saturated rings. The topological polar surface area (TPSA) is 29.5 Å². The van der Waals surface area contributed by atoms with Crippen molar-refractivity contribution in [3.8, 4) is 16.9 Å². The molecule has 0 atom stereocenters. The lowest BCUT2D eigenvalue weighted by molar-refractivity contribution is 0.122. The Morgan fingerprint density at radius 1 is 0.853 bits per heavy atom. The molecule has 2 nitrogen and oxygen atoms in total. The monoisotopic (exact) mass is 466 g/mol. The van der Waals surface area contributed by atoms with Crippen molar-refractivity contribution in [1.29, 1.82) is 0 Å². The first-order valence-corrected chi connectivity index (χ1v) is 11.7. The molecular weight excluding hydrogens is 437 g/mol. The number of ether oxygens (including phenoxy) is 1. The average molecular weight is 467 g/mol. The zero-order valence-corrected chi connectivity index (χ0v) is 19.1. The maximum absolute atomic E-state index is 14.8. The van der Waals surface area contributed by atoms with E-state index in [0.29, 0.717) is 49.7 Å². The van der Waals surface area contributed by atoms with Gasteiger partial charge in [-0.25, -0.2) is 13.2 Å². The highest BCUT2D eigenvalue weighted by Gasteiger charge is 2.25. The van der Waals surface area contributed by atoms with E-state index < -0.39 is 17.5 Å². The van der Waals surface area contributed by atoms with Crippen molar-refractivity contribution in [2.45, 2.75) is 50.5 Å². The fourth-order valence-electron chi connectivity index (χ4n) is 4.59. The molecule has 0 bridgehead atoms. The molecule has 178 valence electrons. The molecule has 4 rings (SSSR count). The third kappa shape index (κ3) is 5.53. The first kappa shape index (κ1) is 24.1. The van der Waals surface area contributed by atoms with Gasteiger partial charge in [0.2, 0.25) is 0 Å². The van der Waals surface area contributed by atoms with Crippen molar-refractivity contribution in [3.63, 3.8) is 0 Å². The third-order valence-electron chi connectivity index (χ3n) is 6.59. The molecule has 0 amide bonds. The first-order valence-electron chi connectivity index (χ1n) is 11.7. The summed E-state index contributed by atoms with van der Waals surface area (Å²) in [5, 5.41) is 9.66. The Kier molecular flexibility index (Phi) is 7.73. The molecule has 0 radical (unpaired) electrons. The van der Waals surface area contributed by atoms with Crippen LogP contribution in [0, 0.1) is 17.5 Å². The van der Waals surface area contributed by atoms with Crippen molar-refractivity contribution in [2.75, 3.05) is 6.61 Å². The lowest BCUT2D eigenvalue weighted by Gasteiger charge is -2.26. The minimum Gasteiger partial charge on any atom is -0.486 e. The van der Waals surface area contributed by atoms with Gasteiger partial charge in [0.25, 0.3) is 0 Å². The summed E-state index contributed by atoms with van der Waals surface area (Å²) < 4.78 is 49.0. The van der Waals surface area contributed by atoms with Crippen molar-refractivity contribution in [3.05, 3.63) is 101 Å². The van der Waals surface area contributed by atoms with Crippen LogP contribution in [0.15, 0.2) is 67.3 Å². The fraction of sp³-hybridized carbons (Fsp3) is 0.310. The summed E-state index contributed by atoms with van der Waals surface area (Å²) in [5.74, 6) is -1.81. The number of aliphatic hydroxyl groups is 1. The Balaban J connectivity index is 1.40. The van der Waals surface area contributed by atoms with Crippen LogP contribution >= 0.6 is 0 Å². The van der Waals surface area contributed by atoms with Gasteiger partial charge in [0.1, 0.15) is 6.61 Å². The van der Waals surface area contributed by atoms with E-state index in [1.54, 1.807) is 30.3 Å². The molecule has 0 spiro atoms. The Labute approximate surface area is 198 Å². The highest BCUT2D eigenvalue weighted by atomic mass is 19.2. The molecule has 0 saturated heterocycles. The second-order valence-corrected chi connectivity index (χ2v) is 8.89. The summed E-state index contributed by atoms with van der Waals surface area (Å²) in [6, 6.07) is 15.8. The minimum atomic E-state index is -0.769. The molecule has 1 N–H and O–H groups in total. The van der Waals surface area contributed by atoms with Crippen molar-refractivity contribution < 1.29 is 23.0 Å². The highest BCUT2D eigenvalue weighted by Crippen LogP contribution is 2.35. The molecule has 3 aromatic rings. The normalized spacial score (nSPS) is 18.0. The predicted octanol–water partition coefficient (Wildman–Crippen LogP) is 7.14. The number of rotatable bonds is 8. The molecule has 0 unspecified atom stereocenters. The molecule has 5 heteroatoms. The molecule has 1 aliphatic rings. The van der Waals surface area contributed by atoms with Gasteiger partial charge in [-0.15, -0.1) is 0 Å². The summed E-state index contributed by atoms with van der Waals surface area (Å²) in [7, 11) is 0. The van der Waals surface area contributed by atoms with Gasteiger partial charge in [0.15, 0.2) is 23.2 Å². The predicted molar refractivity (Wildman–Crippen MR) is 129 cm³/mol. The van der Waals surface area contributed by atoms with Crippen LogP contribution in [0.2, 0.25) is 0 Å². The van der Waals surface area contributed by atoms with E-state index in [2.05, 4.69) is 6.58 Å².